The molecule has 0 bridgehead atoms. The molecule has 1 N–H and O–H groups in total. The van der Waals surface area contributed by atoms with E-state index in [1.807, 2.05) is 24.3 Å². The number of ether oxygens (including phenoxy) is 2. The fraction of sp³-hybridized carbons (Fsp3) is 0.263. The van der Waals surface area contributed by atoms with Crippen molar-refractivity contribution in [3.63, 3.8) is 0 Å². The number of fused-ring (bicyclic) bond motifs is 2. The zero-order valence-corrected chi connectivity index (χ0v) is 16.0. The van der Waals surface area contributed by atoms with Gasteiger partial charge >= 0.3 is 0 Å². The molecule has 0 saturated carbocycles. The van der Waals surface area contributed by atoms with Gasteiger partial charge in [-0.15, -0.1) is 0 Å². The van der Waals surface area contributed by atoms with E-state index in [1.165, 1.54) is 5.69 Å². The Hall–Kier alpha value is -1.89. The predicted molar refractivity (Wildman–Crippen MR) is 93.1 cm³/mol. The van der Waals surface area contributed by atoms with Gasteiger partial charge < -0.3 is 38.4 Å². The van der Waals surface area contributed by atoms with Crippen LogP contribution in [-0.2, 0) is 0 Å². The summed E-state index contributed by atoms with van der Waals surface area (Å²) in [5, 5.41) is 0. The summed E-state index contributed by atoms with van der Waals surface area (Å²) in [4.78, 5) is 4.49. The van der Waals surface area contributed by atoms with Crippen LogP contribution in [0.5, 0.6) is 11.5 Å². The van der Waals surface area contributed by atoms with Gasteiger partial charge in [0.25, 0.3) is 12.0 Å². The molecule has 1 unspecified atom stereocenters. The van der Waals surface area contributed by atoms with Crippen molar-refractivity contribution in [1.82, 2.24) is 0 Å². The number of benzene rings is 2. The summed E-state index contributed by atoms with van der Waals surface area (Å²) in [7, 11) is 0. The first kappa shape index (κ1) is 17.0. The summed E-state index contributed by atoms with van der Waals surface area (Å²) in [5.74, 6) is 2.84. The molecule has 0 aromatic heterocycles. The lowest BCUT2D eigenvalue weighted by atomic mass is 10.2. The van der Waals surface area contributed by atoms with Gasteiger partial charge in [0.1, 0.15) is 5.69 Å². The van der Waals surface area contributed by atoms with Crippen LogP contribution >= 0.6 is 0 Å². The van der Waals surface area contributed by atoms with Crippen LogP contribution in [0, 0.1) is 0 Å². The fourth-order valence-corrected chi connectivity index (χ4v) is 3.29. The first-order valence-corrected chi connectivity index (χ1v) is 8.14. The molecule has 2 heterocycles. The van der Waals surface area contributed by atoms with Crippen LogP contribution in [-0.4, -0.2) is 24.1 Å². The van der Waals surface area contributed by atoms with E-state index in [0.717, 1.165) is 36.2 Å². The Kier molecular flexibility index (Phi) is 4.89. The smallest absolute Gasteiger partial charge is 0.290 e. The van der Waals surface area contributed by atoms with Crippen molar-refractivity contribution in [2.24, 2.45) is 0 Å². The van der Waals surface area contributed by atoms with Gasteiger partial charge in [0, 0.05) is 19.2 Å². The molecule has 2 aromatic rings. The molecule has 5 heteroatoms. The molecule has 126 valence electrons. The topological polar surface area (TPSA) is 28.5 Å². The van der Waals surface area contributed by atoms with Gasteiger partial charge in [-0.05, 0) is 32.0 Å². The zero-order chi connectivity index (χ0) is 15.8. The largest absolute Gasteiger partial charge is 1.00 e. The lowest BCUT2D eigenvalue weighted by Crippen LogP contribution is -3.00. The SMILES string of the molecule is CCN1/C(=C/C2[OH+]c3ccccc3N2CC)Oc2ccccc21.[I-]. The number of anilines is 2. The molecule has 4 nitrogen and oxygen atoms in total. The van der Waals surface area contributed by atoms with Crippen LogP contribution < -0.4 is 38.5 Å². The highest BCUT2D eigenvalue weighted by atomic mass is 127. The third-order valence-electron chi connectivity index (χ3n) is 4.37. The number of likely N-dealkylation sites (N-methyl/N-ethyl adjacent to an activating group) is 1. The lowest BCUT2D eigenvalue weighted by molar-refractivity contribution is -0.0000118. The minimum Gasteiger partial charge on any atom is -1.00 e. The molecular weight excluding hydrogens is 415 g/mol. The molecule has 2 aliphatic heterocycles. The average Bonchev–Trinajstić information content (AvgIpc) is 3.11. The molecule has 0 saturated heterocycles. The second kappa shape index (κ2) is 6.93. The van der Waals surface area contributed by atoms with Gasteiger partial charge in [0.05, 0.1) is 11.8 Å². The van der Waals surface area contributed by atoms with Crippen LogP contribution in [0.3, 0.4) is 0 Å². The molecule has 0 aliphatic carbocycles. The Morgan fingerprint density at radius 1 is 1.00 bits per heavy atom. The van der Waals surface area contributed by atoms with Crippen molar-refractivity contribution in [3.8, 4) is 11.5 Å². The van der Waals surface area contributed by atoms with Gasteiger partial charge in [-0.3, -0.25) is 4.90 Å². The minimum absolute atomic E-state index is 0. The third kappa shape index (κ3) is 2.70. The molecule has 0 radical (unpaired) electrons. The summed E-state index contributed by atoms with van der Waals surface area (Å²) in [6.07, 6.45) is 2.10. The number of aliphatic hydroxyl groups is 1. The second-order valence-electron chi connectivity index (χ2n) is 5.64. The number of nitrogens with zero attached hydrogens (tertiary/aromatic N) is 2. The van der Waals surface area contributed by atoms with Crippen molar-refractivity contribution in [1.29, 1.82) is 0 Å². The molecule has 0 spiro atoms. The molecule has 2 aromatic carbocycles. The minimum atomic E-state index is -0.0178. The third-order valence-corrected chi connectivity index (χ3v) is 4.37. The van der Waals surface area contributed by atoms with E-state index in [0.29, 0.717) is 0 Å². The van der Waals surface area contributed by atoms with Crippen molar-refractivity contribution in [2.75, 3.05) is 22.9 Å². The van der Waals surface area contributed by atoms with Gasteiger partial charge in [0.15, 0.2) is 5.75 Å². The van der Waals surface area contributed by atoms with Gasteiger partial charge in [-0.1, -0.05) is 24.3 Å². The quantitative estimate of drug-likeness (QED) is 0.528. The number of hydrogen-bond donors (Lipinski definition) is 0. The maximum atomic E-state index is 6.06. The highest BCUT2D eigenvalue weighted by molar-refractivity contribution is 5.67. The van der Waals surface area contributed by atoms with E-state index in [-0.39, 0.29) is 30.2 Å². The first-order chi connectivity index (χ1) is 11.3. The molecule has 0 amide bonds. The lowest BCUT2D eigenvalue weighted by Gasteiger charge is -2.20. The summed E-state index contributed by atoms with van der Waals surface area (Å²) < 4.78 is 10.9. The molecular formula is C19H21IN2O2. The maximum Gasteiger partial charge on any atom is 0.290 e. The Bertz CT molecular complexity index is 763. The Morgan fingerprint density at radius 3 is 2.46 bits per heavy atom. The number of rotatable bonds is 3. The van der Waals surface area contributed by atoms with E-state index in [9.17, 15) is 0 Å². The van der Waals surface area contributed by atoms with Crippen molar-refractivity contribution >= 4 is 11.4 Å². The fourth-order valence-electron chi connectivity index (χ4n) is 3.29. The Labute approximate surface area is 159 Å². The summed E-state index contributed by atoms with van der Waals surface area (Å²) in [5.41, 5.74) is 2.32. The second-order valence-corrected chi connectivity index (χ2v) is 5.64. The maximum absolute atomic E-state index is 6.06. The average molecular weight is 436 g/mol. The van der Waals surface area contributed by atoms with E-state index < -0.39 is 0 Å². The standard InChI is InChI=1S/C19H20N2O2.HI/c1-3-20-14-9-5-7-11-16(14)22-18(20)13-19-21(4-2)15-10-6-8-12-17(15)23-19;/h5-13,18H,3-4H2,1-2H3;1H/b19-13-;. The first-order valence-electron chi connectivity index (χ1n) is 8.14. The van der Waals surface area contributed by atoms with E-state index in [1.54, 1.807) is 0 Å². The van der Waals surface area contributed by atoms with Crippen LogP contribution in [0.4, 0.5) is 11.4 Å². The van der Waals surface area contributed by atoms with Gasteiger partial charge in [-0.2, -0.15) is 0 Å². The highest BCUT2D eigenvalue weighted by Gasteiger charge is 2.36. The van der Waals surface area contributed by atoms with Crippen LogP contribution in [0.2, 0.25) is 0 Å². The Morgan fingerprint density at radius 2 is 1.71 bits per heavy atom. The van der Waals surface area contributed by atoms with Crippen LogP contribution in [0.25, 0.3) is 0 Å². The summed E-state index contributed by atoms with van der Waals surface area (Å²) in [6, 6.07) is 16.4. The molecule has 1 atom stereocenters. The number of para-hydroxylation sites is 4. The van der Waals surface area contributed by atoms with E-state index in [2.05, 4.69) is 54.0 Å². The molecule has 0 fully saturated rings. The molecule has 2 aliphatic rings. The van der Waals surface area contributed by atoms with E-state index >= 15 is 0 Å². The molecule has 4 rings (SSSR count). The van der Waals surface area contributed by atoms with Crippen molar-refractivity contribution < 1.29 is 33.5 Å². The highest BCUT2D eigenvalue weighted by Crippen LogP contribution is 2.41. The van der Waals surface area contributed by atoms with Crippen LogP contribution in [0.1, 0.15) is 13.8 Å². The summed E-state index contributed by atoms with van der Waals surface area (Å²) in [6.45, 7) is 6.07. The van der Waals surface area contributed by atoms with Gasteiger partial charge in [-0.25, -0.2) is 0 Å². The van der Waals surface area contributed by atoms with Crippen molar-refractivity contribution in [2.45, 2.75) is 20.1 Å². The predicted octanol–water partition coefficient (Wildman–Crippen LogP) is 0.858. The van der Waals surface area contributed by atoms with Crippen molar-refractivity contribution in [3.05, 3.63) is 60.5 Å². The Balaban J connectivity index is 0.00000169. The molecule has 24 heavy (non-hydrogen) atoms. The van der Waals surface area contributed by atoms with Crippen LogP contribution in [0.15, 0.2) is 60.5 Å². The number of halogens is 1. The number of aromatic hydroxyl groups is 1. The van der Waals surface area contributed by atoms with E-state index in [4.69, 9.17) is 9.47 Å². The number of hydrogen-bond acceptors (Lipinski definition) is 3. The zero-order valence-electron chi connectivity index (χ0n) is 13.8. The van der Waals surface area contributed by atoms with Gasteiger partial charge in [0.2, 0.25) is 5.88 Å². The summed E-state index contributed by atoms with van der Waals surface area (Å²) >= 11 is 0. The monoisotopic (exact) mass is 436 g/mol. The normalized spacial score (nSPS) is 19.4.